The van der Waals surface area contributed by atoms with Crippen LogP contribution in [0.4, 0.5) is 5.69 Å². The molecule has 23 heavy (non-hydrogen) atoms. The average molecular weight is 340 g/mol. The Labute approximate surface area is 144 Å². The molecule has 1 atom stereocenters. The summed E-state index contributed by atoms with van der Waals surface area (Å²) in [6.07, 6.45) is 0. The molecule has 0 bridgehead atoms. The summed E-state index contributed by atoms with van der Waals surface area (Å²) in [5.74, 6) is 0.631. The zero-order valence-electron chi connectivity index (χ0n) is 12.3. The van der Waals surface area contributed by atoms with Gasteiger partial charge in [-0.2, -0.15) is 0 Å². The van der Waals surface area contributed by atoms with Gasteiger partial charge in [0.15, 0.2) is 0 Å². The summed E-state index contributed by atoms with van der Waals surface area (Å²) in [5, 5.41) is 3.06. The van der Waals surface area contributed by atoms with Gasteiger partial charge in [0.2, 0.25) is 5.91 Å². The molecule has 0 N–H and O–H groups in total. The lowest BCUT2D eigenvalue weighted by Gasteiger charge is -2.25. The number of amides is 1. The van der Waals surface area contributed by atoms with Crippen LogP contribution >= 0.6 is 23.4 Å². The fourth-order valence-corrected chi connectivity index (χ4v) is 4.34. The molecule has 1 aliphatic heterocycles. The number of fused-ring (bicyclic) bond motifs is 1. The van der Waals surface area contributed by atoms with Crippen LogP contribution in [-0.4, -0.2) is 11.7 Å². The largest absolute Gasteiger partial charge is 0.295 e. The smallest absolute Gasteiger partial charge is 0.238 e. The molecule has 1 aliphatic rings. The van der Waals surface area contributed by atoms with Gasteiger partial charge in [-0.25, -0.2) is 0 Å². The number of carbonyl (C=O) groups excluding carboxylic acids is 1. The van der Waals surface area contributed by atoms with Crippen LogP contribution in [0, 0.1) is 0 Å². The molecule has 0 radical (unpaired) electrons. The lowest BCUT2D eigenvalue weighted by molar-refractivity contribution is -0.115. The van der Waals surface area contributed by atoms with Crippen LogP contribution in [0.5, 0.6) is 0 Å². The first-order valence-electron chi connectivity index (χ1n) is 7.41. The SMILES string of the molecule is O=C1CS[C@H](c2cccc3ccccc23)N1c1ccc(Cl)cc1. The second-order valence-electron chi connectivity index (χ2n) is 5.47. The molecule has 0 saturated carbocycles. The maximum absolute atomic E-state index is 12.5. The van der Waals surface area contributed by atoms with E-state index in [9.17, 15) is 4.79 Å². The van der Waals surface area contributed by atoms with Gasteiger partial charge in [0.1, 0.15) is 5.37 Å². The van der Waals surface area contributed by atoms with Crippen molar-refractivity contribution in [2.45, 2.75) is 5.37 Å². The van der Waals surface area contributed by atoms with E-state index >= 15 is 0 Å². The summed E-state index contributed by atoms with van der Waals surface area (Å²) in [7, 11) is 0. The summed E-state index contributed by atoms with van der Waals surface area (Å²) < 4.78 is 0. The van der Waals surface area contributed by atoms with E-state index < -0.39 is 0 Å². The molecule has 3 aromatic rings. The minimum absolute atomic E-state index is 0.00484. The van der Waals surface area contributed by atoms with Gasteiger partial charge in [0.05, 0.1) is 5.75 Å². The highest BCUT2D eigenvalue weighted by Gasteiger charge is 2.34. The van der Waals surface area contributed by atoms with Crippen molar-refractivity contribution in [1.82, 2.24) is 0 Å². The van der Waals surface area contributed by atoms with E-state index in [1.54, 1.807) is 11.8 Å². The van der Waals surface area contributed by atoms with Gasteiger partial charge in [0, 0.05) is 10.7 Å². The van der Waals surface area contributed by atoms with Crippen molar-refractivity contribution in [2.24, 2.45) is 0 Å². The fourth-order valence-electron chi connectivity index (χ4n) is 3.00. The number of halogens is 1. The van der Waals surface area contributed by atoms with E-state index in [-0.39, 0.29) is 11.3 Å². The fraction of sp³-hybridized carbons (Fsp3) is 0.105. The maximum atomic E-state index is 12.5. The summed E-state index contributed by atoms with van der Waals surface area (Å²) in [6, 6.07) is 22.0. The molecule has 2 nitrogen and oxygen atoms in total. The van der Waals surface area contributed by atoms with E-state index in [0.29, 0.717) is 10.8 Å². The van der Waals surface area contributed by atoms with Gasteiger partial charge < -0.3 is 0 Å². The van der Waals surface area contributed by atoms with Crippen molar-refractivity contribution >= 4 is 45.7 Å². The number of benzene rings is 3. The first-order valence-corrected chi connectivity index (χ1v) is 8.83. The Kier molecular flexibility index (Phi) is 3.76. The molecule has 0 spiro atoms. The van der Waals surface area contributed by atoms with Gasteiger partial charge in [-0.1, -0.05) is 54.1 Å². The first kappa shape index (κ1) is 14.6. The predicted molar refractivity (Wildman–Crippen MR) is 98.1 cm³/mol. The third kappa shape index (κ3) is 2.60. The van der Waals surface area contributed by atoms with E-state index in [1.807, 2.05) is 41.3 Å². The normalized spacial score (nSPS) is 17.9. The van der Waals surface area contributed by atoms with Crippen molar-refractivity contribution in [1.29, 1.82) is 0 Å². The Morgan fingerprint density at radius 1 is 0.957 bits per heavy atom. The highest BCUT2D eigenvalue weighted by atomic mass is 35.5. The van der Waals surface area contributed by atoms with Crippen molar-refractivity contribution in [2.75, 3.05) is 10.7 Å². The van der Waals surface area contributed by atoms with Crippen molar-refractivity contribution in [3.8, 4) is 0 Å². The molecular formula is C19H14ClNOS. The molecule has 1 fully saturated rings. The molecule has 0 aromatic heterocycles. The average Bonchev–Trinajstić information content (AvgIpc) is 2.96. The van der Waals surface area contributed by atoms with E-state index in [1.165, 1.54) is 16.3 Å². The Morgan fingerprint density at radius 2 is 1.70 bits per heavy atom. The van der Waals surface area contributed by atoms with Gasteiger partial charge in [0.25, 0.3) is 0 Å². The van der Waals surface area contributed by atoms with Crippen molar-refractivity contribution in [3.63, 3.8) is 0 Å². The highest BCUT2D eigenvalue weighted by molar-refractivity contribution is 8.00. The van der Waals surface area contributed by atoms with Crippen LogP contribution in [-0.2, 0) is 4.79 Å². The molecule has 0 unspecified atom stereocenters. The molecule has 114 valence electrons. The van der Waals surface area contributed by atoms with Crippen molar-refractivity contribution in [3.05, 3.63) is 77.3 Å². The van der Waals surface area contributed by atoms with Crippen LogP contribution in [0.2, 0.25) is 5.02 Å². The zero-order valence-corrected chi connectivity index (χ0v) is 13.8. The molecule has 0 aliphatic carbocycles. The minimum Gasteiger partial charge on any atom is -0.295 e. The lowest BCUT2D eigenvalue weighted by atomic mass is 10.0. The second kappa shape index (κ2) is 5.91. The molecule has 3 aromatic carbocycles. The molecule has 4 heteroatoms. The van der Waals surface area contributed by atoms with Crippen LogP contribution in [0.25, 0.3) is 10.8 Å². The summed E-state index contributed by atoms with van der Waals surface area (Å²) in [5.41, 5.74) is 2.07. The highest BCUT2D eigenvalue weighted by Crippen LogP contribution is 2.44. The third-order valence-electron chi connectivity index (χ3n) is 4.06. The number of anilines is 1. The first-order chi connectivity index (χ1) is 11.2. The van der Waals surface area contributed by atoms with Crippen LogP contribution in [0.1, 0.15) is 10.9 Å². The van der Waals surface area contributed by atoms with Crippen LogP contribution in [0.15, 0.2) is 66.7 Å². The lowest BCUT2D eigenvalue weighted by Crippen LogP contribution is -2.27. The van der Waals surface area contributed by atoms with Gasteiger partial charge in [-0.05, 0) is 40.6 Å². The Morgan fingerprint density at radius 3 is 2.52 bits per heavy atom. The van der Waals surface area contributed by atoms with E-state index in [4.69, 9.17) is 11.6 Å². The molecule has 1 amide bonds. The zero-order chi connectivity index (χ0) is 15.8. The number of thioether (sulfide) groups is 1. The summed E-state index contributed by atoms with van der Waals surface area (Å²) >= 11 is 7.65. The second-order valence-corrected chi connectivity index (χ2v) is 6.98. The van der Waals surface area contributed by atoms with E-state index in [0.717, 1.165) is 5.69 Å². The van der Waals surface area contributed by atoms with Gasteiger partial charge >= 0.3 is 0 Å². The number of hydrogen-bond donors (Lipinski definition) is 0. The van der Waals surface area contributed by atoms with Gasteiger partial charge in [-0.3, -0.25) is 9.69 Å². The molecule has 4 rings (SSSR count). The number of nitrogens with zero attached hydrogens (tertiary/aromatic N) is 1. The summed E-state index contributed by atoms with van der Waals surface area (Å²) in [4.78, 5) is 14.3. The Balaban J connectivity index is 1.83. The summed E-state index contributed by atoms with van der Waals surface area (Å²) in [6.45, 7) is 0. The molecular weight excluding hydrogens is 326 g/mol. The number of carbonyl (C=O) groups is 1. The Hall–Kier alpha value is -1.97. The monoisotopic (exact) mass is 339 g/mol. The third-order valence-corrected chi connectivity index (χ3v) is 5.51. The van der Waals surface area contributed by atoms with Crippen LogP contribution in [0.3, 0.4) is 0 Å². The predicted octanol–water partition coefficient (Wildman–Crippen LogP) is 5.27. The quantitative estimate of drug-likeness (QED) is 0.633. The Bertz CT molecular complexity index is 873. The maximum Gasteiger partial charge on any atom is 0.238 e. The molecule has 1 saturated heterocycles. The number of hydrogen-bond acceptors (Lipinski definition) is 2. The minimum atomic E-state index is -0.00484. The van der Waals surface area contributed by atoms with Crippen LogP contribution < -0.4 is 4.90 Å². The van der Waals surface area contributed by atoms with Gasteiger partial charge in [-0.15, -0.1) is 11.8 Å². The number of rotatable bonds is 2. The van der Waals surface area contributed by atoms with Crippen molar-refractivity contribution < 1.29 is 4.79 Å². The van der Waals surface area contributed by atoms with E-state index in [2.05, 4.69) is 30.3 Å². The standard InChI is InChI=1S/C19H14ClNOS/c20-14-8-10-15(11-9-14)21-18(22)12-23-19(21)17-7-3-5-13-4-1-2-6-16(13)17/h1-11,19H,12H2/t19-/m1/s1. The molecule has 1 heterocycles. The topological polar surface area (TPSA) is 20.3 Å².